The minimum absolute atomic E-state index is 0.0447. The number of nitrogens with one attached hydrogen (secondary N) is 2. The summed E-state index contributed by atoms with van der Waals surface area (Å²) in [7, 11) is 0. The molecule has 28 heavy (non-hydrogen) atoms. The van der Waals surface area contributed by atoms with Gasteiger partial charge in [-0.2, -0.15) is 0 Å². The predicted octanol–water partition coefficient (Wildman–Crippen LogP) is 4.56. The molecular formula is C20H15N3O4S. The first kappa shape index (κ1) is 19.0. The van der Waals surface area contributed by atoms with E-state index in [-0.39, 0.29) is 11.6 Å². The number of anilines is 2. The van der Waals surface area contributed by atoms with Crippen LogP contribution in [0, 0.1) is 10.1 Å². The zero-order valence-corrected chi connectivity index (χ0v) is 15.3. The Hall–Kier alpha value is -3.78. The zero-order valence-electron chi connectivity index (χ0n) is 14.5. The summed E-state index contributed by atoms with van der Waals surface area (Å²) in [6, 6.07) is 16.3. The molecule has 3 rings (SSSR count). The van der Waals surface area contributed by atoms with E-state index in [1.165, 1.54) is 35.6 Å². The van der Waals surface area contributed by atoms with Gasteiger partial charge in [-0.3, -0.25) is 19.7 Å². The molecule has 0 spiro atoms. The number of nitro benzene ring substituents is 1. The summed E-state index contributed by atoms with van der Waals surface area (Å²) in [4.78, 5) is 35.1. The van der Waals surface area contributed by atoms with Crippen LogP contribution in [-0.4, -0.2) is 16.7 Å². The quantitative estimate of drug-likeness (QED) is 0.364. The molecular weight excluding hydrogens is 378 g/mol. The molecule has 1 heterocycles. The standard InChI is InChI=1S/C20H15N3O4S/c24-19(10-9-14-4-1-7-17(12-14)23(26)27)21-15-5-2-6-16(13-15)22-20(25)18-8-3-11-28-18/h1-13H,(H,21,24)(H,22,25). The minimum atomic E-state index is -0.493. The number of carbonyl (C=O) groups is 2. The Labute approximate surface area is 164 Å². The van der Waals surface area contributed by atoms with Crippen molar-refractivity contribution in [1.29, 1.82) is 0 Å². The third-order valence-electron chi connectivity index (χ3n) is 3.64. The van der Waals surface area contributed by atoms with Gasteiger partial charge in [-0.15, -0.1) is 11.3 Å². The fourth-order valence-corrected chi connectivity index (χ4v) is 2.99. The molecule has 8 heteroatoms. The third-order valence-corrected chi connectivity index (χ3v) is 4.51. The highest BCUT2D eigenvalue weighted by Gasteiger charge is 2.08. The lowest BCUT2D eigenvalue weighted by Crippen LogP contribution is -2.11. The SMILES string of the molecule is O=C(C=Cc1cccc([N+](=O)[O-])c1)Nc1cccc(NC(=O)c2cccs2)c1. The van der Waals surface area contributed by atoms with E-state index in [1.807, 2.05) is 5.38 Å². The number of amides is 2. The molecule has 0 radical (unpaired) electrons. The Kier molecular flexibility index (Phi) is 5.93. The molecule has 0 aliphatic carbocycles. The van der Waals surface area contributed by atoms with Gasteiger partial charge in [0, 0.05) is 29.6 Å². The maximum absolute atomic E-state index is 12.1. The van der Waals surface area contributed by atoms with Crippen molar-refractivity contribution >= 4 is 46.3 Å². The summed E-state index contributed by atoms with van der Waals surface area (Å²) in [6.45, 7) is 0. The van der Waals surface area contributed by atoms with Crippen LogP contribution in [0.25, 0.3) is 6.08 Å². The Balaban J connectivity index is 1.63. The van der Waals surface area contributed by atoms with Gasteiger partial charge in [0.05, 0.1) is 9.80 Å². The van der Waals surface area contributed by atoms with Crippen molar-refractivity contribution in [3.63, 3.8) is 0 Å². The minimum Gasteiger partial charge on any atom is -0.322 e. The molecule has 0 saturated heterocycles. The van der Waals surface area contributed by atoms with E-state index in [4.69, 9.17) is 0 Å². The van der Waals surface area contributed by atoms with Crippen molar-refractivity contribution < 1.29 is 14.5 Å². The monoisotopic (exact) mass is 393 g/mol. The van der Waals surface area contributed by atoms with Crippen LogP contribution in [0.3, 0.4) is 0 Å². The number of carbonyl (C=O) groups excluding carboxylic acids is 2. The predicted molar refractivity (Wildman–Crippen MR) is 109 cm³/mol. The van der Waals surface area contributed by atoms with Crippen molar-refractivity contribution in [3.8, 4) is 0 Å². The number of nitro groups is 1. The molecule has 3 aromatic rings. The number of hydrogen-bond acceptors (Lipinski definition) is 5. The Morgan fingerprint density at radius 2 is 1.71 bits per heavy atom. The van der Waals surface area contributed by atoms with Gasteiger partial charge in [0.1, 0.15) is 0 Å². The number of thiophene rings is 1. The van der Waals surface area contributed by atoms with E-state index < -0.39 is 10.8 Å². The highest BCUT2D eigenvalue weighted by molar-refractivity contribution is 7.12. The molecule has 2 aromatic carbocycles. The Bertz CT molecular complexity index is 1050. The van der Waals surface area contributed by atoms with E-state index in [2.05, 4.69) is 10.6 Å². The lowest BCUT2D eigenvalue weighted by atomic mass is 10.2. The maximum atomic E-state index is 12.1. The van der Waals surface area contributed by atoms with E-state index in [0.717, 1.165) is 0 Å². The molecule has 140 valence electrons. The summed E-state index contributed by atoms with van der Waals surface area (Å²) in [5, 5.41) is 18.1. The average Bonchev–Trinajstić information content (AvgIpc) is 3.22. The van der Waals surface area contributed by atoms with Crippen LogP contribution in [0.5, 0.6) is 0 Å². The van der Waals surface area contributed by atoms with Gasteiger partial charge >= 0.3 is 0 Å². The molecule has 0 unspecified atom stereocenters. The van der Waals surface area contributed by atoms with Crippen LogP contribution in [0.4, 0.5) is 17.1 Å². The third kappa shape index (κ3) is 5.12. The first-order valence-corrected chi connectivity index (χ1v) is 9.08. The van der Waals surface area contributed by atoms with E-state index in [9.17, 15) is 19.7 Å². The van der Waals surface area contributed by atoms with Gasteiger partial charge in [-0.25, -0.2) is 0 Å². The van der Waals surface area contributed by atoms with Crippen molar-refractivity contribution in [1.82, 2.24) is 0 Å². The Morgan fingerprint density at radius 3 is 2.43 bits per heavy atom. The van der Waals surface area contributed by atoms with Gasteiger partial charge in [-0.05, 0) is 41.3 Å². The molecule has 0 aliphatic rings. The molecule has 0 atom stereocenters. The van der Waals surface area contributed by atoms with E-state index >= 15 is 0 Å². The fraction of sp³-hybridized carbons (Fsp3) is 0. The molecule has 7 nitrogen and oxygen atoms in total. The van der Waals surface area contributed by atoms with Crippen LogP contribution in [0.1, 0.15) is 15.2 Å². The maximum Gasteiger partial charge on any atom is 0.270 e. The molecule has 2 amide bonds. The van der Waals surface area contributed by atoms with Crippen LogP contribution in [-0.2, 0) is 4.79 Å². The summed E-state index contributed by atoms with van der Waals surface area (Å²) in [6.07, 6.45) is 2.78. The number of non-ortho nitro benzene ring substituents is 1. The molecule has 0 fully saturated rings. The molecule has 0 bridgehead atoms. The topological polar surface area (TPSA) is 101 Å². The van der Waals surface area contributed by atoms with Gasteiger partial charge in [0.2, 0.25) is 5.91 Å². The second kappa shape index (κ2) is 8.74. The first-order valence-electron chi connectivity index (χ1n) is 8.20. The summed E-state index contributed by atoms with van der Waals surface area (Å²) >= 11 is 1.34. The largest absolute Gasteiger partial charge is 0.322 e. The number of hydrogen-bond donors (Lipinski definition) is 2. The lowest BCUT2D eigenvalue weighted by Gasteiger charge is -2.07. The van der Waals surface area contributed by atoms with Crippen molar-refractivity contribution in [2.45, 2.75) is 0 Å². The van der Waals surface area contributed by atoms with Crippen LogP contribution in [0.2, 0.25) is 0 Å². The highest BCUT2D eigenvalue weighted by Crippen LogP contribution is 2.18. The number of nitrogens with zero attached hydrogens (tertiary/aromatic N) is 1. The summed E-state index contributed by atoms with van der Waals surface area (Å²) in [5.74, 6) is -0.614. The smallest absolute Gasteiger partial charge is 0.270 e. The number of benzene rings is 2. The number of rotatable bonds is 6. The second-order valence-corrected chi connectivity index (χ2v) is 6.63. The van der Waals surface area contributed by atoms with Crippen LogP contribution >= 0.6 is 11.3 Å². The zero-order chi connectivity index (χ0) is 19.9. The van der Waals surface area contributed by atoms with E-state index in [1.54, 1.807) is 48.5 Å². The normalized spacial score (nSPS) is 10.6. The van der Waals surface area contributed by atoms with Crippen molar-refractivity contribution in [2.24, 2.45) is 0 Å². The fourth-order valence-electron chi connectivity index (χ4n) is 2.37. The summed E-state index contributed by atoms with van der Waals surface area (Å²) in [5.41, 5.74) is 1.56. The van der Waals surface area contributed by atoms with Crippen LogP contribution in [0.15, 0.2) is 72.1 Å². The van der Waals surface area contributed by atoms with Crippen molar-refractivity contribution in [3.05, 3.63) is 92.7 Å². The van der Waals surface area contributed by atoms with Gasteiger partial charge < -0.3 is 10.6 Å². The first-order chi connectivity index (χ1) is 13.5. The highest BCUT2D eigenvalue weighted by atomic mass is 32.1. The van der Waals surface area contributed by atoms with Crippen molar-refractivity contribution in [2.75, 3.05) is 10.6 Å². The van der Waals surface area contributed by atoms with Gasteiger partial charge in [0.25, 0.3) is 11.6 Å². The lowest BCUT2D eigenvalue weighted by molar-refractivity contribution is -0.384. The van der Waals surface area contributed by atoms with Crippen LogP contribution < -0.4 is 10.6 Å². The molecule has 0 aliphatic heterocycles. The summed E-state index contributed by atoms with van der Waals surface area (Å²) < 4.78 is 0. The van der Waals surface area contributed by atoms with Gasteiger partial charge in [0.15, 0.2) is 0 Å². The molecule has 0 saturated carbocycles. The molecule has 1 aromatic heterocycles. The van der Waals surface area contributed by atoms with Gasteiger partial charge in [-0.1, -0.05) is 24.3 Å². The average molecular weight is 393 g/mol. The Morgan fingerprint density at radius 1 is 0.964 bits per heavy atom. The molecule has 2 N–H and O–H groups in total. The second-order valence-electron chi connectivity index (χ2n) is 5.69. The van der Waals surface area contributed by atoms with E-state index in [0.29, 0.717) is 21.8 Å².